The van der Waals surface area contributed by atoms with Gasteiger partial charge in [0.1, 0.15) is 0 Å². The molecule has 2 N–H and O–H groups in total. The smallest absolute Gasteiger partial charge is 0.234 e. The summed E-state index contributed by atoms with van der Waals surface area (Å²) in [5, 5.41) is 6.57. The molecule has 21 heavy (non-hydrogen) atoms. The molecule has 1 aromatic carbocycles. The molecular formula is C18H28N2O. The highest BCUT2D eigenvalue weighted by Crippen LogP contribution is 2.21. The minimum Gasteiger partial charge on any atom is -0.348 e. The lowest BCUT2D eigenvalue weighted by molar-refractivity contribution is -0.121. The molecule has 116 valence electrons. The van der Waals surface area contributed by atoms with Crippen molar-refractivity contribution < 1.29 is 4.79 Å². The maximum absolute atomic E-state index is 12.2. The Kier molecular flexibility index (Phi) is 6.24. The van der Waals surface area contributed by atoms with Crippen molar-refractivity contribution >= 4 is 5.91 Å². The highest BCUT2D eigenvalue weighted by Gasteiger charge is 2.18. The number of amides is 1. The number of rotatable bonds is 7. The van der Waals surface area contributed by atoms with E-state index in [9.17, 15) is 4.79 Å². The Labute approximate surface area is 128 Å². The molecule has 1 aliphatic rings. The fourth-order valence-corrected chi connectivity index (χ4v) is 3.05. The number of carbonyl (C=O) groups excluding carboxylic acids is 1. The quantitative estimate of drug-likeness (QED) is 0.807. The highest BCUT2D eigenvalue weighted by atomic mass is 16.2. The molecule has 1 saturated carbocycles. The standard InChI is InChI=1S/C18H28N2O/c1-14(2)12-17(15-8-4-3-5-9-15)20-18(21)13-19-16-10-6-7-11-16/h3-5,8-9,14,16-17,19H,6-7,10-13H2,1-2H3,(H,20,21). The Bertz CT molecular complexity index is 424. The molecule has 1 amide bonds. The van der Waals surface area contributed by atoms with Gasteiger partial charge in [-0.15, -0.1) is 0 Å². The molecule has 2 rings (SSSR count). The minimum absolute atomic E-state index is 0.108. The predicted octanol–water partition coefficient (Wildman–Crippen LogP) is 3.42. The van der Waals surface area contributed by atoms with Crippen molar-refractivity contribution in [3.8, 4) is 0 Å². The Balaban J connectivity index is 1.86. The zero-order valence-corrected chi connectivity index (χ0v) is 13.3. The number of carbonyl (C=O) groups is 1. The van der Waals surface area contributed by atoms with Crippen molar-refractivity contribution in [2.24, 2.45) is 5.92 Å². The molecule has 1 fully saturated rings. The van der Waals surface area contributed by atoms with E-state index in [0.717, 1.165) is 6.42 Å². The van der Waals surface area contributed by atoms with E-state index >= 15 is 0 Å². The first-order valence-electron chi connectivity index (χ1n) is 8.23. The molecule has 0 saturated heterocycles. The summed E-state index contributed by atoms with van der Waals surface area (Å²) < 4.78 is 0. The van der Waals surface area contributed by atoms with Crippen LogP contribution in [0.2, 0.25) is 0 Å². The number of hydrogen-bond donors (Lipinski definition) is 2. The van der Waals surface area contributed by atoms with E-state index in [0.29, 0.717) is 18.5 Å². The monoisotopic (exact) mass is 288 g/mol. The van der Waals surface area contributed by atoms with Crippen molar-refractivity contribution in [2.75, 3.05) is 6.54 Å². The van der Waals surface area contributed by atoms with Gasteiger partial charge in [0, 0.05) is 6.04 Å². The Hall–Kier alpha value is -1.35. The van der Waals surface area contributed by atoms with Crippen LogP contribution in [0.1, 0.15) is 57.6 Å². The molecule has 1 unspecified atom stereocenters. The SMILES string of the molecule is CC(C)CC(NC(=O)CNC1CCCC1)c1ccccc1. The average molecular weight is 288 g/mol. The third kappa shape index (κ3) is 5.50. The van der Waals surface area contributed by atoms with Gasteiger partial charge in [-0.05, 0) is 30.7 Å². The largest absolute Gasteiger partial charge is 0.348 e. The zero-order valence-electron chi connectivity index (χ0n) is 13.3. The molecule has 0 radical (unpaired) electrons. The lowest BCUT2D eigenvalue weighted by Crippen LogP contribution is -2.39. The van der Waals surface area contributed by atoms with Crippen LogP contribution in [0.25, 0.3) is 0 Å². The topological polar surface area (TPSA) is 41.1 Å². The highest BCUT2D eigenvalue weighted by molar-refractivity contribution is 5.78. The molecule has 0 aromatic heterocycles. The summed E-state index contributed by atoms with van der Waals surface area (Å²) in [6.45, 7) is 4.82. The summed E-state index contributed by atoms with van der Waals surface area (Å²) in [6, 6.07) is 10.9. The first-order chi connectivity index (χ1) is 10.1. The van der Waals surface area contributed by atoms with Gasteiger partial charge in [0.2, 0.25) is 5.91 Å². The third-order valence-corrected chi connectivity index (χ3v) is 4.15. The van der Waals surface area contributed by atoms with E-state index in [-0.39, 0.29) is 11.9 Å². The minimum atomic E-state index is 0.108. The van der Waals surface area contributed by atoms with Crippen LogP contribution in [-0.4, -0.2) is 18.5 Å². The van der Waals surface area contributed by atoms with Gasteiger partial charge in [0.25, 0.3) is 0 Å². The zero-order chi connectivity index (χ0) is 15.1. The second-order valence-corrected chi connectivity index (χ2v) is 6.52. The van der Waals surface area contributed by atoms with Crippen LogP contribution in [0, 0.1) is 5.92 Å². The van der Waals surface area contributed by atoms with Gasteiger partial charge in [-0.2, -0.15) is 0 Å². The lowest BCUT2D eigenvalue weighted by Gasteiger charge is -2.22. The Morgan fingerprint density at radius 2 is 1.86 bits per heavy atom. The Morgan fingerprint density at radius 3 is 2.48 bits per heavy atom. The lowest BCUT2D eigenvalue weighted by atomic mass is 9.97. The number of benzene rings is 1. The van der Waals surface area contributed by atoms with E-state index in [1.807, 2.05) is 18.2 Å². The molecule has 1 aromatic rings. The van der Waals surface area contributed by atoms with E-state index in [4.69, 9.17) is 0 Å². The van der Waals surface area contributed by atoms with Crippen LogP contribution in [-0.2, 0) is 4.79 Å². The number of nitrogens with one attached hydrogen (secondary N) is 2. The maximum atomic E-state index is 12.2. The van der Waals surface area contributed by atoms with E-state index in [1.54, 1.807) is 0 Å². The molecule has 3 nitrogen and oxygen atoms in total. The number of hydrogen-bond acceptors (Lipinski definition) is 2. The van der Waals surface area contributed by atoms with E-state index in [2.05, 4.69) is 36.6 Å². The van der Waals surface area contributed by atoms with Crippen LogP contribution >= 0.6 is 0 Å². The van der Waals surface area contributed by atoms with Crippen molar-refractivity contribution in [1.29, 1.82) is 0 Å². The van der Waals surface area contributed by atoms with Crippen molar-refractivity contribution in [1.82, 2.24) is 10.6 Å². The van der Waals surface area contributed by atoms with E-state index < -0.39 is 0 Å². The summed E-state index contributed by atoms with van der Waals surface area (Å²) in [6.07, 6.45) is 5.97. The molecule has 0 spiro atoms. The fourth-order valence-electron chi connectivity index (χ4n) is 3.05. The molecule has 0 bridgehead atoms. The van der Waals surface area contributed by atoms with Gasteiger partial charge in [-0.1, -0.05) is 57.0 Å². The van der Waals surface area contributed by atoms with Crippen LogP contribution in [0.4, 0.5) is 0 Å². The van der Waals surface area contributed by atoms with Crippen molar-refractivity contribution in [3.63, 3.8) is 0 Å². The normalized spacial score (nSPS) is 17.1. The first-order valence-corrected chi connectivity index (χ1v) is 8.23. The molecule has 3 heteroatoms. The second kappa shape index (κ2) is 8.18. The van der Waals surface area contributed by atoms with Crippen LogP contribution in [0.5, 0.6) is 0 Å². The third-order valence-electron chi connectivity index (χ3n) is 4.15. The molecule has 0 aliphatic heterocycles. The van der Waals surface area contributed by atoms with Crippen LogP contribution < -0.4 is 10.6 Å². The fraction of sp³-hybridized carbons (Fsp3) is 0.611. The second-order valence-electron chi connectivity index (χ2n) is 6.52. The summed E-state index contributed by atoms with van der Waals surface area (Å²) in [5.74, 6) is 0.662. The van der Waals surface area contributed by atoms with Gasteiger partial charge in [-0.3, -0.25) is 4.79 Å². The van der Waals surface area contributed by atoms with Gasteiger partial charge in [-0.25, -0.2) is 0 Å². The average Bonchev–Trinajstić information content (AvgIpc) is 2.98. The van der Waals surface area contributed by atoms with E-state index in [1.165, 1.54) is 31.2 Å². The summed E-state index contributed by atoms with van der Waals surface area (Å²) >= 11 is 0. The molecule has 1 aliphatic carbocycles. The maximum Gasteiger partial charge on any atom is 0.234 e. The predicted molar refractivity (Wildman–Crippen MR) is 87.0 cm³/mol. The summed E-state index contributed by atoms with van der Waals surface area (Å²) in [4.78, 5) is 12.2. The van der Waals surface area contributed by atoms with Crippen molar-refractivity contribution in [2.45, 2.75) is 58.0 Å². The first kappa shape index (κ1) is 16.0. The molecular weight excluding hydrogens is 260 g/mol. The van der Waals surface area contributed by atoms with Crippen LogP contribution in [0.15, 0.2) is 30.3 Å². The van der Waals surface area contributed by atoms with Crippen molar-refractivity contribution in [3.05, 3.63) is 35.9 Å². The summed E-state index contributed by atoms with van der Waals surface area (Å²) in [5.41, 5.74) is 1.19. The molecule has 0 heterocycles. The summed E-state index contributed by atoms with van der Waals surface area (Å²) in [7, 11) is 0. The molecule has 1 atom stereocenters. The van der Waals surface area contributed by atoms with Crippen LogP contribution in [0.3, 0.4) is 0 Å². The van der Waals surface area contributed by atoms with Gasteiger partial charge < -0.3 is 10.6 Å². The Morgan fingerprint density at radius 1 is 1.19 bits per heavy atom. The van der Waals surface area contributed by atoms with Gasteiger partial charge >= 0.3 is 0 Å². The van der Waals surface area contributed by atoms with Gasteiger partial charge in [0.15, 0.2) is 0 Å². The van der Waals surface area contributed by atoms with Gasteiger partial charge in [0.05, 0.1) is 12.6 Å².